The number of unbranched alkanes of at least 4 members (excludes halogenated alkanes) is 3. The summed E-state index contributed by atoms with van der Waals surface area (Å²) in [5.74, 6) is 0.269. The fraction of sp³-hybridized carbons (Fsp3) is 0.867. The van der Waals surface area contributed by atoms with Crippen LogP contribution in [0.3, 0.4) is 0 Å². The molecule has 0 N–H and O–H groups in total. The Morgan fingerprint density at radius 2 is 1.84 bits per heavy atom. The first kappa shape index (κ1) is 16.0. The van der Waals surface area contributed by atoms with Crippen molar-refractivity contribution in [1.29, 1.82) is 0 Å². The summed E-state index contributed by atoms with van der Waals surface area (Å²) in [5.41, 5.74) is 0. The fourth-order valence-corrected chi connectivity index (χ4v) is 2.83. The Hall–Kier alpha value is -1.06. The summed E-state index contributed by atoms with van der Waals surface area (Å²) in [5, 5.41) is 0. The highest BCUT2D eigenvalue weighted by Gasteiger charge is 2.28. The maximum atomic E-state index is 11.0. The first-order valence-corrected chi connectivity index (χ1v) is 7.37. The molecule has 1 saturated carbocycles. The van der Waals surface area contributed by atoms with Crippen molar-refractivity contribution in [2.75, 3.05) is 7.11 Å². The van der Waals surface area contributed by atoms with E-state index < -0.39 is 0 Å². The molecule has 1 rings (SSSR count). The smallest absolute Gasteiger partial charge is 0.305 e. The molecule has 19 heavy (non-hydrogen) atoms. The van der Waals surface area contributed by atoms with Crippen LogP contribution in [0.1, 0.15) is 64.7 Å². The number of esters is 2. The lowest BCUT2D eigenvalue weighted by molar-refractivity contribution is -0.148. The third kappa shape index (κ3) is 6.60. The predicted molar refractivity (Wildman–Crippen MR) is 72.6 cm³/mol. The Morgan fingerprint density at radius 3 is 2.53 bits per heavy atom. The highest BCUT2D eigenvalue weighted by molar-refractivity contribution is 5.68. The summed E-state index contributed by atoms with van der Waals surface area (Å²) in [7, 11) is 1.43. The lowest BCUT2D eigenvalue weighted by atomic mass is 9.97. The fourth-order valence-electron chi connectivity index (χ4n) is 2.83. The van der Waals surface area contributed by atoms with Gasteiger partial charge in [0.15, 0.2) is 0 Å². The highest BCUT2D eigenvalue weighted by atomic mass is 16.5. The normalized spacial score (nSPS) is 22.2. The monoisotopic (exact) mass is 270 g/mol. The predicted octanol–water partition coefficient (Wildman–Crippen LogP) is 3.23. The van der Waals surface area contributed by atoms with Gasteiger partial charge in [-0.05, 0) is 38.0 Å². The van der Waals surface area contributed by atoms with Crippen LogP contribution in [0.4, 0.5) is 0 Å². The van der Waals surface area contributed by atoms with Crippen LogP contribution >= 0.6 is 0 Å². The van der Waals surface area contributed by atoms with Gasteiger partial charge in [0.25, 0.3) is 0 Å². The molecule has 1 fully saturated rings. The Kier molecular flexibility index (Phi) is 7.53. The van der Waals surface area contributed by atoms with Crippen molar-refractivity contribution < 1.29 is 19.1 Å². The quantitative estimate of drug-likeness (QED) is 0.502. The van der Waals surface area contributed by atoms with Crippen LogP contribution in [0, 0.1) is 5.92 Å². The van der Waals surface area contributed by atoms with E-state index in [1.54, 1.807) is 0 Å². The standard InChI is InChI=1S/C15H26O4/c1-12(16)19-14-10-7-9-13(14)8-5-3-4-6-11-15(17)18-2/h13-14H,3-11H2,1-2H3. The molecule has 0 aromatic heterocycles. The SMILES string of the molecule is COC(=O)CCCCCCC1CCCC1OC(C)=O. The molecule has 0 aliphatic heterocycles. The molecule has 0 heterocycles. The first-order valence-electron chi connectivity index (χ1n) is 7.37. The van der Waals surface area contributed by atoms with E-state index in [0.717, 1.165) is 38.5 Å². The number of hydrogen-bond acceptors (Lipinski definition) is 4. The zero-order valence-corrected chi connectivity index (χ0v) is 12.2. The highest BCUT2D eigenvalue weighted by Crippen LogP contribution is 2.32. The molecular formula is C15H26O4. The third-order valence-corrected chi connectivity index (χ3v) is 3.84. The van der Waals surface area contributed by atoms with Crippen LogP contribution in [0.25, 0.3) is 0 Å². The molecule has 2 unspecified atom stereocenters. The second kappa shape index (κ2) is 8.94. The van der Waals surface area contributed by atoms with Crippen molar-refractivity contribution in [2.45, 2.75) is 70.8 Å². The van der Waals surface area contributed by atoms with Gasteiger partial charge in [-0.1, -0.05) is 19.3 Å². The van der Waals surface area contributed by atoms with E-state index in [2.05, 4.69) is 4.74 Å². The molecule has 1 aliphatic rings. The third-order valence-electron chi connectivity index (χ3n) is 3.84. The number of methoxy groups -OCH3 is 1. The molecule has 0 amide bonds. The summed E-state index contributed by atoms with van der Waals surface area (Å²) in [4.78, 5) is 21.9. The van der Waals surface area contributed by atoms with Gasteiger partial charge in [0.05, 0.1) is 7.11 Å². The summed E-state index contributed by atoms with van der Waals surface area (Å²) in [6.45, 7) is 1.49. The largest absolute Gasteiger partial charge is 0.469 e. The average Bonchev–Trinajstić information content (AvgIpc) is 2.79. The summed E-state index contributed by atoms with van der Waals surface area (Å²) in [6, 6.07) is 0. The van der Waals surface area contributed by atoms with Crippen LogP contribution in [0.5, 0.6) is 0 Å². The van der Waals surface area contributed by atoms with E-state index >= 15 is 0 Å². The van der Waals surface area contributed by atoms with Gasteiger partial charge in [0, 0.05) is 13.3 Å². The molecule has 0 radical (unpaired) electrons. The minimum Gasteiger partial charge on any atom is -0.469 e. The second-order valence-electron chi connectivity index (χ2n) is 5.37. The number of ether oxygens (including phenoxy) is 2. The molecule has 0 saturated heterocycles. The van der Waals surface area contributed by atoms with Crippen molar-refractivity contribution >= 4 is 11.9 Å². The number of hydrogen-bond donors (Lipinski definition) is 0. The molecule has 0 aromatic carbocycles. The summed E-state index contributed by atoms with van der Waals surface area (Å²) < 4.78 is 9.95. The Morgan fingerprint density at radius 1 is 1.11 bits per heavy atom. The first-order chi connectivity index (χ1) is 9.13. The molecule has 0 bridgehead atoms. The van der Waals surface area contributed by atoms with E-state index in [1.165, 1.54) is 26.9 Å². The van der Waals surface area contributed by atoms with Gasteiger partial charge in [-0.3, -0.25) is 9.59 Å². The molecule has 2 atom stereocenters. The van der Waals surface area contributed by atoms with Gasteiger partial charge < -0.3 is 9.47 Å². The molecule has 0 aromatic rings. The molecule has 1 aliphatic carbocycles. The maximum Gasteiger partial charge on any atom is 0.305 e. The van der Waals surface area contributed by atoms with Gasteiger partial charge in [-0.2, -0.15) is 0 Å². The van der Waals surface area contributed by atoms with Crippen molar-refractivity contribution in [2.24, 2.45) is 5.92 Å². The second-order valence-corrected chi connectivity index (χ2v) is 5.37. The number of carbonyl (C=O) groups excluding carboxylic acids is 2. The van der Waals surface area contributed by atoms with Crippen LogP contribution in [0.2, 0.25) is 0 Å². The Balaban J connectivity index is 2.05. The zero-order chi connectivity index (χ0) is 14.1. The van der Waals surface area contributed by atoms with E-state index in [-0.39, 0.29) is 18.0 Å². The van der Waals surface area contributed by atoms with E-state index in [1.807, 2.05) is 0 Å². The number of carbonyl (C=O) groups is 2. The molecule has 4 nitrogen and oxygen atoms in total. The minimum atomic E-state index is -0.157. The molecular weight excluding hydrogens is 244 g/mol. The van der Waals surface area contributed by atoms with Crippen molar-refractivity contribution in [3.63, 3.8) is 0 Å². The van der Waals surface area contributed by atoms with Gasteiger partial charge >= 0.3 is 11.9 Å². The molecule has 110 valence electrons. The minimum absolute atomic E-state index is 0.120. The van der Waals surface area contributed by atoms with Crippen molar-refractivity contribution in [3.8, 4) is 0 Å². The van der Waals surface area contributed by atoms with E-state index in [0.29, 0.717) is 12.3 Å². The van der Waals surface area contributed by atoms with Crippen LogP contribution in [0.15, 0.2) is 0 Å². The zero-order valence-electron chi connectivity index (χ0n) is 12.2. The van der Waals surface area contributed by atoms with Crippen LogP contribution in [-0.2, 0) is 19.1 Å². The lowest BCUT2D eigenvalue weighted by Crippen LogP contribution is -2.20. The Labute approximate surface area is 115 Å². The van der Waals surface area contributed by atoms with Crippen LogP contribution < -0.4 is 0 Å². The van der Waals surface area contributed by atoms with E-state index in [9.17, 15) is 9.59 Å². The Bertz CT molecular complexity index is 288. The molecule has 4 heteroatoms. The van der Waals surface area contributed by atoms with Gasteiger partial charge in [-0.25, -0.2) is 0 Å². The summed E-state index contributed by atoms with van der Waals surface area (Å²) >= 11 is 0. The average molecular weight is 270 g/mol. The van der Waals surface area contributed by atoms with E-state index in [4.69, 9.17) is 4.74 Å². The lowest BCUT2D eigenvalue weighted by Gasteiger charge is -2.19. The van der Waals surface area contributed by atoms with Gasteiger partial charge in [0.1, 0.15) is 6.10 Å². The van der Waals surface area contributed by atoms with Gasteiger partial charge in [-0.15, -0.1) is 0 Å². The van der Waals surface area contributed by atoms with Crippen molar-refractivity contribution in [1.82, 2.24) is 0 Å². The topological polar surface area (TPSA) is 52.6 Å². The van der Waals surface area contributed by atoms with Crippen molar-refractivity contribution in [3.05, 3.63) is 0 Å². The van der Waals surface area contributed by atoms with Gasteiger partial charge in [0.2, 0.25) is 0 Å². The maximum absolute atomic E-state index is 11.0. The summed E-state index contributed by atoms with van der Waals surface area (Å²) in [6.07, 6.45) is 9.45. The number of rotatable bonds is 8. The van der Waals surface area contributed by atoms with Crippen LogP contribution in [-0.4, -0.2) is 25.2 Å². The molecule has 0 spiro atoms.